The van der Waals surface area contributed by atoms with Crippen molar-refractivity contribution >= 4 is 5.91 Å². The zero-order valence-electron chi connectivity index (χ0n) is 10.8. The molecule has 0 aromatic heterocycles. The van der Waals surface area contributed by atoms with E-state index in [1.165, 1.54) is 0 Å². The standard InChI is InChI=1S/C12H24N2O2/c1-9(2)11(3,4)7-14-10(15)12(13)5-6-16-8-12/h9H,5-8,13H2,1-4H3,(H,14,15). The van der Waals surface area contributed by atoms with Gasteiger partial charge in [0.25, 0.3) is 0 Å². The van der Waals surface area contributed by atoms with Crippen LogP contribution in [0, 0.1) is 11.3 Å². The van der Waals surface area contributed by atoms with E-state index in [0.717, 1.165) is 0 Å². The minimum absolute atomic E-state index is 0.0845. The molecule has 0 aliphatic carbocycles. The highest BCUT2D eigenvalue weighted by atomic mass is 16.5. The van der Waals surface area contributed by atoms with Gasteiger partial charge in [0.05, 0.1) is 6.61 Å². The van der Waals surface area contributed by atoms with E-state index < -0.39 is 5.54 Å². The maximum Gasteiger partial charge on any atom is 0.242 e. The van der Waals surface area contributed by atoms with Crippen LogP contribution in [0.1, 0.15) is 34.1 Å². The van der Waals surface area contributed by atoms with E-state index in [1.807, 2.05) is 0 Å². The second-order valence-corrected chi connectivity index (χ2v) is 5.78. The van der Waals surface area contributed by atoms with E-state index in [0.29, 0.717) is 32.1 Å². The third-order valence-electron chi connectivity index (χ3n) is 3.77. The lowest BCUT2D eigenvalue weighted by Gasteiger charge is -2.31. The van der Waals surface area contributed by atoms with E-state index in [4.69, 9.17) is 10.5 Å². The molecule has 0 bridgehead atoms. The molecule has 16 heavy (non-hydrogen) atoms. The second-order valence-electron chi connectivity index (χ2n) is 5.78. The average molecular weight is 228 g/mol. The van der Waals surface area contributed by atoms with Crippen molar-refractivity contribution in [3.63, 3.8) is 0 Å². The Balaban J connectivity index is 2.47. The molecule has 1 amide bonds. The first-order valence-corrected chi connectivity index (χ1v) is 5.93. The third-order valence-corrected chi connectivity index (χ3v) is 3.77. The number of hydrogen-bond acceptors (Lipinski definition) is 3. The summed E-state index contributed by atoms with van der Waals surface area (Å²) in [5.74, 6) is 0.431. The quantitative estimate of drug-likeness (QED) is 0.751. The van der Waals surface area contributed by atoms with Gasteiger partial charge in [-0.15, -0.1) is 0 Å². The van der Waals surface area contributed by atoms with Gasteiger partial charge in [-0.05, 0) is 17.8 Å². The van der Waals surface area contributed by atoms with Crippen molar-refractivity contribution < 1.29 is 9.53 Å². The Morgan fingerprint density at radius 3 is 2.62 bits per heavy atom. The Morgan fingerprint density at radius 2 is 2.19 bits per heavy atom. The number of nitrogens with two attached hydrogens (primary N) is 1. The zero-order valence-corrected chi connectivity index (χ0v) is 10.8. The molecule has 1 rings (SSSR count). The zero-order chi connectivity index (χ0) is 12.4. The number of rotatable bonds is 4. The summed E-state index contributed by atoms with van der Waals surface area (Å²) in [6, 6.07) is 0. The van der Waals surface area contributed by atoms with E-state index in [-0.39, 0.29) is 11.3 Å². The fraction of sp³-hybridized carbons (Fsp3) is 0.917. The molecule has 0 aromatic rings. The molecule has 1 heterocycles. The molecule has 1 aliphatic heterocycles. The van der Waals surface area contributed by atoms with E-state index in [9.17, 15) is 4.79 Å². The fourth-order valence-corrected chi connectivity index (χ4v) is 1.45. The van der Waals surface area contributed by atoms with Gasteiger partial charge in [-0.2, -0.15) is 0 Å². The van der Waals surface area contributed by atoms with Gasteiger partial charge in [0.2, 0.25) is 5.91 Å². The van der Waals surface area contributed by atoms with Gasteiger partial charge in [0.15, 0.2) is 0 Å². The van der Waals surface area contributed by atoms with Crippen LogP contribution in [0.5, 0.6) is 0 Å². The molecule has 1 fully saturated rings. The molecule has 94 valence electrons. The van der Waals surface area contributed by atoms with Gasteiger partial charge in [-0.1, -0.05) is 27.7 Å². The summed E-state index contributed by atoms with van der Waals surface area (Å²) in [5, 5.41) is 2.94. The van der Waals surface area contributed by atoms with E-state index >= 15 is 0 Å². The van der Waals surface area contributed by atoms with Crippen molar-refractivity contribution in [1.82, 2.24) is 5.32 Å². The summed E-state index contributed by atoms with van der Waals surface area (Å²) in [4.78, 5) is 11.9. The van der Waals surface area contributed by atoms with Gasteiger partial charge in [-0.25, -0.2) is 0 Å². The van der Waals surface area contributed by atoms with Crippen molar-refractivity contribution in [2.75, 3.05) is 19.8 Å². The topological polar surface area (TPSA) is 64.4 Å². The van der Waals surface area contributed by atoms with Crippen LogP contribution in [-0.4, -0.2) is 31.2 Å². The molecule has 0 spiro atoms. The Bertz CT molecular complexity index is 256. The molecular formula is C12H24N2O2. The number of ether oxygens (including phenoxy) is 1. The summed E-state index contributed by atoms with van der Waals surface area (Å²) in [6.45, 7) is 10.2. The van der Waals surface area contributed by atoms with Crippen LogP contribution >= 0.6 is 0 Å². The maximum atomic E-state index is 11.9. The molecule has 3 N–H and O–H groups in total. The second kappa shape index (κ2) is 4.72. The molecule has 1 atom stereocenters. The fourth-order valence-electron chi connectivity index (χ4n) is 1.45. The predicted octanol–water partition coefficient (Wildman–Crippen LogP) is 0.903. The lowest BCUT2D eigenvalue weighted by molar-refractivity contribution is -0.126. The lowest BCUT2D eigenvalue weighted by atomic mass is 9.81. The highest BCUT2D eigenvalue weighted by Crippen LogP contribution is 2.25. The van der Waals surface area contributed by atoms with Crippen LogP contribution in [0.15, 0.2) is 0 Å². The largest absolute Gasteiger partial charge is 0.379 e. The molecule has 0 radical (unpaired) electrons. The van der Waals surface area contributed by atoms with Crippen molar-refractivity contribution in [2.24, 2.45) is 17.1 Å². The molecule has 1 unspecified atom stereocenters. The van der Waals surface area contributed by atoms with Crippen molar-refractivity contribution in [3.05, 3.63) is 0 Å². The van der Waals surface area contributed by atoms with E-state index in [1.54, 1.807) is 0 Å². The first-order chi connectivity index (χ1) is 7.28. The van der Waals surface area contributed by atoms with Crippen LogP contribution in [0.25, 0.3) is 0 Å². The highest BCUT2D eigenvalue weighted by molar-refractivity contribution is 5.86. The van der Waals surface area contributed by atoms with Gasteiger partial charge in [0, 0.05) is 13.2 Å². The Labute approximate surface area is 97.9 Å². The van der Waals surface area contributed by atoms with Crippen LogP contribution in [0.3, 0.4) is 0 Å². The van der Waals surface area contributed by atoms with Gasteiger partial charge in [-0.3, -0.25) is 4.79 Å². The number of hydrogen-bond donors (Lipinski definition) is 2. The Kier molecular flexibility index (Phi) is 3.97. The molecule has 1 aliphatic rings. The maximum absolute atomic E-state index is 11.9. The number of carbonyl (C=O) groups is 1. The Morgan fingerprint density at radius 1 is 1.56 bits per heavy atom. The van der Waals surface area contributed by atoms with Crippen LogP contribution in [0.2, 0.25) is 0 Å². The molecule has 4 heteroatoms. The molecular weight excluding hydrogens is 204 g/mol. The molecule has 4 nitrogen and oxygen atoms in total. The van der Waals surface area contributed by atoms with Crippen molar-refractivity contribution in [1.29, 1.82) is 0 Å². The summed E-state index contributed by atoms with van der Waals surface area (Å²) in [5.41, 5.74) is 5.25. The minimum atomic E-state index is -0.812. The number of nitrogens with one attached hydrogen (secondary N) is 1. The van der Waals surface area contributed by atoms with Crippen LogP contribution < -0.4 is 11.1 Å². The molecule has 1 saturated heterocycles. The van der Waals surface area contributed by atoms with E-state index in [2.05, 4.69) is 33.0 Å². The minimum Gasteiger partial charge on any atom is -0.379 e. The van der Waals surface area contributed by atoms with Gasteiger partial charge in [0.1, 0.15) is 5.54 Å². The average Bonchev–Trinajstić information content (AvgIpc) is 2.62. The molecule has 0 saturated carbocycles. The lowest BCUT2D eigenvalue weighted by Crippen LogP contribution is -2.56. The highest BCUT2D eigenvalue weighted by Gasteiger charge is 2.38. The van der Waals surface area contributed by atoms with Crippen LogP contribution in [-0.2, 0) is 9.53 Å². The summed E-state index contributed by atoms with van der Waals surface area (Å²) >= 11 is 0. The predicted molar refractivity (Wildman–Crippen MR) is 64.0 cm³/mol. The van der Waals surface area contributed by atoms with Crippen molar-refractivity contribution in [3.8, 4) is 0 Å². The molecule has 0 aromatic carbocycles. The van der Waals surface area contributed by atoms with Gasteiger partial charge >= 0.3 is 0 Å². The Hall–Kier alpha value is -0.610. The summed E-state index contributed by atoms with van der Waals surface area (Å²) < 4.78 is 5.17. The van der Waals surface area contributed by atoms with Gasteiger partial charge < -0.3 is 15.8 Å². The third kappa shape index (κ3) is 2.95. The summed E-state index contributed by atoms with van der Waals surface area (Å²) in [6.07, 6.45) is 0.612. The number of amides is 1. The van der Waals surface area contributed by atoms with Crippen molar-refractivity contribution in [2.45, 2.75) is 39.7 Å². The smallest absolute Gasteiger partial charge is 0.242 e. The summed E-state index contributed by atoms with van der Waals surface area (Å²) in [7, 11) is 0. The van der Waals surface area contributed by atoms with Crippen LogP contribution in [0.4, 0.5) is 0 Å². The number of carbonyl (C=O) groups excluding carboxylic acids is 1. The first-order valence-electron chi connectivity index (χ1n) is 5.93. The first kappa shape index (κ1) is 13.5. The SMILES string of the molecule is CC(C)C(C)(C)CNC(=O)C1(N)CCOC1. The normalized spacial score (nSPS) is 26.1. The monoisotopic (exact) mass is 228 g/mol.